The van der Waals surface area contributed by atoms with E-state index in [0.717, 1.165) is 11.5 Å². The van der Waals surface area contributed by atoms with Crippen molar-refractivity contribution in [3.05, 3.63) is 29.7 Å². The van der Waals surface area contributed by atoms with Crippen molar-refractivity contribution >= 4 is 5.69 Å². The Kier molecular flexibility index (Phi) is 2.26. The minimum atomic E-state index is -0.434. The van der Waals surface area contributed by atoms with Crippen LogP contribution in [0.1, 0.15) is 31.2 Å². The van der Waals surface area contributed by atoms with Crippen LogP contribution in [0.3, 0.4) is 0 Å². The maximum absolute atomic E-state index is 5.79. The van der Waals surface area contributed by atoms with Gasteiger partial charge in [0, 0.05) is 6.20 Å². The average Bonchev–Trinajstić information content (AvgIpc) is 2.75. The molecule has 0 bridgehead atoms. The molecule has 2 heterocycles. The van der Waals surface area contributed by atoms with Gasteiger partial charge in [0.25, 0.3) is 0 Å². The van der Waals surface area contributed by atoms with E-state index in [1.54, 1.807) is 17.1 Å². The third-order valence-electron chi connectivity index (χ3n) is 2.65. The Morgan fingerprint density at radius 1 is 1.38 bits per heavy atom. The second kappa shape index (κ2) is 3.37. The lowest BCUT2D eigenvalue weighted by Gasteiger charge is -2.21. The van der Waals surface area contributed by atoms with E-state index >= 15 is 0 Å². The molecule has 0 saturated heterocycles. The highest BCUT2D eigenvalue weighted by atomic mass is 16.4. The molecule has 86 valence electrons. The van der Waals surface area contributed by atoms with Gasteiger partial charge in [-0.1, -0.05) is 0 Å². The van der Waals surface area contributed by atoms with E-state index in [1.807, 2.05) is 27.7 Å². The van der Waals surface area contributed by atoms with Crippen molar-refractivity contribution in [2.24, 2.45) is 0 Å². The second-order valence-corrected chi connectivity index (χ2v) is 4.45. The molecule has 0 radical (unpaired) electrons. The highest BCUT2D eigenvalue weighted by Gasteiger charge is 2.29. The van der Waals surface area contributed by atoms with E-state index in [-0.39, 0.29) is 0 Å². The third-order valence-corrected chi connectivity index (χ3v) is 2.65. The molecule has 5 heteroatoms. The van der Waals surface area contributed by atoms with Crippen LogP contribution in [0.4, 0.5) is 5.69 Å². The van der Waals surface area contributed by atoms with Crippen LogP contribution < -0.4 is 5.73 Å². The molecule has 2 aromatic heterocycles. The van der Waals surface area contributed by atoms with Gasteiger partial charge in [0.05, 0.1) is 17.6 Å². The zero-order valence-electron chi connectivity index (χ0n) is 9.98. The van der Waals surface area contributed by atoms with Crippen molar-refractivity contribution in [1.82, 2.24) is 14.8 Å². The molecule has 2 aromatic rings. The molecule has 0 atom stereocenters. The Morgan fingerprint density at radius 2 is 2.06 bits per heavy atom. The number of nitrogens with two attached hydrogens (primary N) is 1. The van der Waals surface area contributed by atoms with Crippen LogP contribution in [0.2, 0.25) is 0 Å². The molecule has 0 saturated carbocycles. The van der Waals surface area contributed by atoms with Gasteiger partial charge < -0.3 is 10.2 Å². The number of aromatic nitrogens is 3. The molecule has 0 unspecified atom stereocenters. The van der Waals surface area contributed by atoms with E-state index in [0.29, 0.717) is 11.6 Å². The van der Waals surface area contributed by atoms with Crippen LogP contribution in [0.5, 0.6) is 0 Å². The van der Waals surface area contributed by atoms with E-state index in [9.17, 15) is 0 Å². The van der Waals surface area contributed by atoms with Crippen LogP contribution in [0.25, 0.3) is 0 Å². The molecule has 16 heavy (non-hydrogen) atoms. The molecule has 0 aromatic carbocycles. The van der Waals surface area contributed by atoms with Gasteiger partial charge in [-0.05, 0) is 27.7 Å². The summed E-state index contributed by atoms with van der Waals surface area (Å²) in [6, 6.07) is 0. The first kappa shape index (κ1) is 10.7. The minimum Gasteiger partial charge on any atom is -0.443 e. The van der Waals surface area contributed by atoms with E-state index in [4.69, 9.17) is 10.2 Å². The Labute approximate surface area is 94.3 Å². The van der Waals surface area contributed by atoms with Gasteiger partial charge in [-0.15, -0.1) is 0 Å². The molecule has 2 N–H and O–H groups in total. The lowest BCUT2D eigenvalue weighted by molar-refractivity contribution is 0.292. The zero-order chi connectivity index (χ0) is 11.9. The molecular weight excluding hydrogens is 204 g/mol. The summed E-state index contributed by atoms with van der Waals surface area (Å²) < 4.78 is 7.32. The first-order chi connectivity index (χ1) is 7.41. The van der Waals surface area contributed by atoms with E-state index in [1.165, 1.54) is 0 Å². The second-order valence-electron chi connectivity index (χ2n) is 4.45. The van der Waals surface area contributed by atoms with Gasteiger partial charge >= 0.3 is 0 Å². The van der Waals surface area contributed by atoms with Crippen molar-refractivity contribution in [3.8, 4) is 0 Å². The minimum absolute atomic E-state index is 0.434. The van der Waals surface area contributed by atoms with Crippen molar-refractivity contribution < 1.29 is 4.42 Å². The van der Waals surface area contributed by atoms with Crippen LogP contribution in [0, 0.1) is 13.8 Å². The molecule has 0 aliphatic carbocycles. The Hall–Kier alpha value is -1.78. The lowest BCUT2D eigenvalue weighted by Crippen LogP contribution is -2.28. The maximum Gasteiger partial charge on any atom is 0.221 e. The molecule has 5 nitrogen and oxygen atoms in total. The quantitative estimate of drug-likeness (QED) is 0.838. The summed E-state index contributed by atoms with van der Waals surface area (Å²) in [5.41, 5.74) is 6.85. The highest BCUT2D eigenvalue weighted by Crippen LogP contribution is 2.25. The number of hydrogen-bond donors (Lipinski definition) is 1. The summed E-state index contributed by atoms with van der Waals surface area (Å²) in [6.45, 7) is 7.73. The lowest BCUT2D eigenvalue weighted by atomic mass is 10.1. The van der Waals surface area contributed by atoms with Gasteiger partial charge in [-0.25, -0.2) is 4.98 Å². The topological polar surface area (TPSA) is 69.9 Å². The highest BCUT2D eigenvalue weighted by molar-refractivity contribution is 5.40. The first-order valence-electron chi connectivity index (χ1n) is 5.16. The summed E-state index contributed by atoms with van der Waals surface area (Å²) >= 11 is 0. The standard InChI is InChI=1S/C11H16N4O/c1-7-5-13-10(16-7)11(3,4)15-6-9(12)8(2)14-15/h5-6H,12H2,1-4H3. The van der Waals surface area contributed by atoms with E-state index in [2.05, 4.69) is 10.1 Å². The third kappa shape index (κ3) is 1.58. The fourth-order valence-corrected chi connectivity index (χ4v) is 1.50. The Balaban J connectivity index is 2.45. The number of hydrogen-bond acceptors (Lipinski definition) is 4. The predicted molar refractivity (Wildman–Crippen MR) is 61.0 cm³/mol. The molecule has 0 fully saturated rings. The summed E-state index contributed by atoms with van der Waals surface area (Å²) in [7, 11) is 0. The number of oxazole rings is 1. The summed E-state index contributed by atoms with van der Waals surface area (Å²) in [5.74, 6) is 1.42. The normalized spacial score (nSPS) is 12.0. The van der Waals surface area contributed by atoms with Gasteiger partial charge in [0.1, 0.15) is 11.3 Å². The fourth-order valence-electron chi connectivity index (χ4n) is 1.50. The van der Waals surface area contributed by atoms with E-state index < -0.39 is 5.54 Å². The zero-order valence-corrected chi connectivity index (χ0v) is 9.98. The van der Waals surface area contributed by atoms with Crippen molar-refractivity contribution in [2.75, 3.05) is 5.73 Å². The van der Waals surface area contributed by atoms with Crippen molar-refractivity contribution in [3.63, 3.8) is 0 Å². The number of nitrogen functional groups attached to an aromatic ring is 1. The molecule has 0 amide bonds. The smallest absolute Gasteiger partial charge is 0.221 e. The maximum atomic E-state index is 5.79. The summed E-state index contributed by atoms with van der Waals surface area (Å²) in [5, 5.41) is 4.36. The summed E-state index contributed by atoms with van der Waals surface area (Å²) in [6.07, 6.45) is 3.51. The molecule has 2 rings (SSSR count). The monoisotopic (exact) mass is 220 g/mol. The number of rotatable bonds is 2. The van der Waals surface area contributed by atoms with Crippen LogP contribution in [0.15, 0.2) is 16.8 Å². The largest absolute Gasteiger partial charge is 0.443 e. The van der Waals surface area contributed by atoms with Crippen LogP contribution in [-0.4, -0.2) is 14.8 Å². The van der Waals surface area contributed by atoms with Crippen molar-refractivity contribution in [2.45, 2.75) is 33.2 Å². The fraction of sp³-hybridized carbons (Fsp3) is 0.455. The first-order valence-corrected chi connectivity index (χ1v) is 5.16. The van der Waals surface area contributed by atoms with Gasteiger partial charge in [0.2, 0.25) is 5.89 Å². The molecule has 0 aliphatic rings. The number of nitrogens with zero attached hydrogens (tertiary/aromatic N) is 3. The van der Waals surface area contributed by atoms with Gasteiger partial charge in [-0.2, -0.15) is 5.10 Å². The number of anilines is 1. The van der Waals surface area contributed by atoms with Gasteiger partial charge in [0.15, 0.2) is 0 Å². The summed E-state index contributed by atoms with van der Waals surface area (Å²) in [4.78, 5) is 4.23. The predicted octanol–water partition coefficient (Wildman–Crippen LogP) is 1.85. The Morgan fingerprint density at radius 3 is 2.50 bits per heavy atom. The van der Waals surface area contributed by atoms with Crippen LogP contribution in [-0.2, 0) is 5.54 Å². The Bertz CT molecular complexity index is 490. The van der Waals surface area contributed by atoms with Crippen LogP contribution >= 0.6 is 0 Å². The SMILES string of the molecule is Cc1cnc(C(C)(C)n2cc(N)c(C)n2)o1. The van der Waals surface area contributed by atoms with Crippen molar-refractivity contribution in [1.29, 1.82) is 0 Å². The molecule has 0 spiro atoms. The average molecular weight is 220 g/mol. The molecular formula is C11H16N4O. The molecule has 0 aliphatic heterocycles. The van der Waals surface area contributed by atoms with Gasteiger partial charge in [-0.3, -0.25) is 4.68 Å². The number of aryl methyl sites for hydroxylation is 2.